The molecule has 0 aliphatic rings. The molecule has 9 nitrogen and oxygen atoms in total. The molecule has 9 heteroatoms. The molecule has 76 valence electrons. The van der Waals surface area contributed by atoms with E-state index in [1.165, 1.54) is 0 Å². The molecular formula is C5H8N6O3. The summed E-state index contributed by atoms with van der Waals surface area (Å²) in [5.41, 5.74) is 10.1. The maximum Gasteiger partial charge on any atom is 0.236 e. The van der Waals surface area contributed by atoms with Crippen LogP contribution in [0.1, 0.15) is 5.69 Å². The summed E-state index contributed by atoms with van der Waals surface area (Å²) in [6.45, 7) is -0.153. The first-order valence-corrected chi connectivity index (χ1v) is 3.47. The van der Waals surface area contributed by atoms with Crippen LogP contribution in [-0.2, 0) is 4.79 Å². The van der Waals surface area contributed by atoms with E-state index in [4.69, 9.17) is 16.7 Å². The lowest BCUT2D eigenvalue weighted by Crippen LogP contribution is -2.24. The third-order valence-electron chi connectivity index (χ3n) is 1.27. The van der Waals surface area contributed by atoms with Gasteiger partial charge in [-0.25, -0.2) is 4.63 Å². The minimum Gasteiger partial charge on any atom is -0.409 e. The molecule has 0 saturated carbocycles. The number of nitrogens with zero attached hydrogens (tertiary/aromatic N) is 3. The Bertz CT molecular complexity index is 358. The first-order chi connectivity index (χ1) is 6.65. The van der Waals surface area contributed by atoms with Gasteiger partial charge in [0.15, 0.2) is 11.5 Å². The SMILES string of the molecule is NC(=O)CNc1nonc1/C(N)=N/O. The maximum atomic E-state index is 10.4. The molecule has 0 bridgehead atoms. The van der Waals surface area contributed by atoms with Crippen molar-refractivity contribution in [2.75, 3.05) is 11.9 Å². The number of oxime groups is 1. The number of carbonyl (C=O) groups is 1. The standard InChI is InChI=1S/C5H8N6O3/c6-2(12)1-8-5-3(4(7)9-13)10-14-11-5/h13H,1H2,(H2,6,12)(H2,7,9)(H,8,11). The summed E-state index contributed by atoms with van der Waals surface area (Å²) >= 11 is 0. The highest BCUT2D eigenvalue weighted by molar-refractivity contribution is 5.99. The van der Waals surface area contributed by atoms with Crippen molar-refractivity contribution in [2.24, 2.45) is 16.6 Å². The van der Waals surface area contributed by atoms with Crippen molar-refractivity contribution in [1.82, 2.24) is 10.3 Å². The predicted octanol–water partition coefficient (Wildman–Crippen LogP) is -1.94. The summed E-state index contributed by atoms with van der Waals surface area (Å²) in [5, 5.41) is 20.3. The lowest BCUT2D eigenvalue weighted by Gasteiger charge is -1.98. The van der Waals surface area contributed by atoms with Crippen LogP contribution in [-0.4, -0.2) is 33.8 Å². The normalized spacial score (nSPS) is 11.3. The van der Waals surface area contributed by atoms with Crippen LogP contribution in [0.25, 0.3) is 0 Å². The van der Waals surface area contributed by atoms with Crippen molar-refractivity contribution >= 4 is 17.6 Å². The summed E-state index contributed by atoms with van der Waals surface area (Å²) in [4.78, 5) is 10.4. The predicted molar refractivity (Wildman–Crippen MR) is 44.5 cm³/mol. The zero-order chi connectivity index (χ0) is 10.6. The van der Waals surface area contributed by atoms with E-state index in [0.29, 0.717) is 0 Å². The van der Waals surface area contributed by atoms with Crippen molar-refractivity contribution in [2.45, 2.75) is 0 Å². The summed E-state index contributed by atoms with van der Waals surface area (Å²) in [6.07, 6.45) is 0. The van der Waals surface area contributed by atoms with Gasteiger partial charge in [-0.05, 0) is 10.3 Å². The lowest BCUT2D eigenvalue weighted by molar-refractivity contribution is -0.116. The molecule has 1 amide bonds. The van der Waals surface area contributed by atoms with Crippen LogP contribution in [0.3, 0.4) is 0 Å². The van der Waals surface area contributed by atoms with Crippen LogP contribution in [0.4, 0.5) is 5.82 Å². The Morgan fingerprint density at radius 1 is 1.57 bits per heavy atom. The number of aromatic nitrogens is 2. The molecule has 1 rings (SSSR count). The van der Waals surface area contributed by atoms with E-state index in [0.717, 1.165) is 0 Å². The molecular weight excluding hydrogens is 192 g/mol. The molecule has 1 heterocycles. The molecule has 0 saturated heterocycles. The number of rotatable bonds is 4. The highest BCUT2D eigenvalue weighted by atomic mass is 16.6. The second-order valence-electron chi connectivity index (χ2n) is 2.27. The first kappa shape index (κ1) is 9.77. The van der Waals surface area contributed by atoms with Gasteiger partial charge in [0, 0.05) is 0 Å². The molecule has 0 atom stereocenters. The van der Waals surface area contributed by atoms with Gasteiger partial charge in [0.05, 0.1) is 6.54 Å². The van der Waals surface area contributed by atoms with Gasteiger partial charge in [0.2, 0.25) is 11.7 Å². The average Bonchev–Trinajstić information content (AvgIpc) is 2.61. The summed E-state index contributed by atoms with van der Waals surface area (Å²) in [6, 6.07) is 0. The fourth-order valence-corrected chi connectivity index (χ4v) is 0.691. The molecule has 0 aliphatic heterocycles. The number of amidine groups is 1. The molecule has 14 heavy (non-hydrogen) atoms. The number of primary amides is 1. The van der Waals surface area contributed by atoms with E-state index >= 15 is 0 Å². The molecule has 0 unspecified atom stereocenters. The molecule has 6 N–H and O–H groups in total. The van der Waals surface area contributed by atoms with Crippen molar-refractivity contribution < 1.29 is 14.6 Å². The summed E-state index contributed by atoms with van der Waals surface area (Å²) < 4.78 is 4.31. The lowest BCUT2D eigenvalue weighted by atomic mass is 10.4. The quantitative estimate of drug-likeness (QED) is 0.191. The van der Waals surface area contributed by atoms with Gasteiger partial charge < -0.3 is 22.0 Å². The number of nitrogens with one attached hydrogen (secondary N) is 1. The van der Waals surface area contributed by atoms with Gasteiger partial charge in [0.1, 0.15) is 0 Å². The van der Waals surface area contributed by atoms with Crippen molar-refractivity contribution in [1.29, 1.82) is 0 Å². The number of hydrogen-bond donors (Lipinski definition) is 4. The Hall–Kier alpha value is -2.32. The third kappa shape index (κ3) is 2.09. The van der Waals surface area contributed by atoms with Crippen molar-refractivity contribution in [3.05, 3.63) is 5.69 Å². The van der Waals surface area contributed by atoms with Crippen molar-refractivity contribution in [3.8, 4) is 0 Å². The fourth-order valence-electron chi connectivity index (χ4n) is 0.691. The van der Waals surface area contributed by atoms with E-state index < -0.39 is 5.91 Å². The van der Waals surface area contributed by atoms with E-state index in [-0.39, 0.29) is 23.9 Å². The van der Waals surface area contributed by atoms with Gasteiger partial charge in [0.25, 0.3) is 0 Å². The largest absolute Gasteiger partial charge is 0.409 e. The Morgan fingerprint density at radius 2 is 2.29 bits per heavy atom. The molecule has 1 aromatic heterocycles. The molecule has 0 radical (unpaired) electrons. The summed E-state index contributed by atoms with van der Waals surface area (Å²) in [5.74, 6) is -0.782. The smallest absolute Gasteiger partial charge is 0.236 e. The maximum absolute atomic E-state index is 10.4. The average molecular weight is 200 g/mol. The number of amides is 1. The zero-order valence-corrected chi connectivity index (χ0v) is 6.97. The van der Waals surface area contributed by atoms with Gasteiger partial charge >= 0.3 is 0 Å². The van der Waals surface area contributed by atoms with Gasteiger partial charge in [-0.3, -0.25) is 4.79 Å². The first-order valence-electron chi connectivity index (χ1n) is 3.47. The minimum absolute atomic E-state index is 0.00810. The van der Waals surface area contributed by atoms with Crippen LogP contribution in [0, 0.1) is 0 Å². The molecule has 1 aromatic rings. The highest BCUT2D eigenvalue weighted by Gasteiger charge is 2.14. The highest BCUT2D eigenvalue weighted by Crippen LogP contribution is 2.07. The number of hydrogen-bond acceptors (Lipinski definition) is 7. The monoisotopic (exact) mass is 200 g/mol. The number of anilines is 1. The van der Waals surface area contributed by atoms with Crippen LogP contribution < -0.4 is 16.8 Å². The Morgan fingerprint density at radius 3 is 2.86 bits per heavy atom. The van der Waals surface area contributed by atoms with Crippen LogP contribution in [0.2, 0.25) is 0 Å². The van der Waals surface area contributed by atoms with Gasteiger partial charge in [-0.2, -0.15) is 0 Å². The number of nitrogens with two attached hydrogens (primary N) is 2. The van der Waals surface area contributed by atoms with Gasteiger partial charge in [-0.1, -0.05) is 5.16 Å². The molecule has 0 aliphatic carbocycles. The van der Waals surface area contributed by atoms with E-state index in [1.54, 1.807) is 0 Å². The van der Waals surface area contributed by atoms with Crippen LogP contribution in [0.5, 0.6) is 0 Å². The second-order valence-corrected chi connectivity index (χ2v) is 2.27. The Balaban J connectivity index is 2.77. The Kier molecular flexibility index (Phi) is 2.84. The zero-order valence-electron chi connectivity index (χ0n) is 6.97. The summed E-state index contributed by atoms with van der Waals surface area (Å²) in [7, 11) is 0. The van der Waals surface area contributed by atoms with E-state index in [9.17, 15) is 4.79 Å². The second kappa shape index (κ2) is 4.07. The third-order valence-corrected chi connectivity index (χ3v) is 1.27. The number of carbonyl (C=O) groups excluding carboxylic acids is 1. The topological polar surface area (TPSA) is 153 Å². The molecule has 0 spiro atoms. The molecule has 0 aromatic carbocycles. The van der Waals surface area contributed by atoms with E-state index in [1.807, 2.05) is 0 Å². The van der Waals surface area contributed by atoms with E-state index in [2.05, 4.69) is 25.4 Å². The van der Waals surface area contributed by atoms with Gasteiger partial charge in [-0.15, -0.1) is 0 Å². The molecule has 0 fully saturated rings. The van der Waals surface area contributed by atoms with Crippen LogP contribution >= 0.6 is 0 Å². The van der Waals surface area contributed by atoms with Crippen LogP contribution in [0.15, 0.2) is 9.78 Å². The Labute approximate surface area is 77.7 Å². The fraction of sp³-hybridized carbons (Fsp3) is 0.200. The van der Waals surface area contributed by atoms with Crippen molar-refractivity contribution in [3.63, 3.8) is 0 Å². The minimum atomic E-state index is -0.585.